The number of halogens is 1. The van der Waals surface area contributed by atoms with E-state index in [1.54, 1.807) is 12.1 Å². The van der Waals surface area contributed by atoms with Crippen molar-refractivity contribution < 1.29 is 13.9 Å². The molecule has 5 heteroatoms. The van der Waals surface area contributed by atoms with Gasteiger partial charge >= 0.3 is 5.97 Å². The normalized spacial score (nSPS) is 11.7. The van der Waals surface area contributed by atoms with Gasteiger partial charge < -0.3 is 9.30 Å². The van der Waals surface area contributed by atoms with Crippen molar-refractivity contribution in [3.05, 3.63) is 66.1 Å². The van der Waals surface area contributed by atoms with Crippen LogP contribution in [0, 0.1) is 5.82 Å². The lowest BCUT2D eigenvalue weighted by atomic mass is 10.2. The number of rotatable bonds is 6. The highest BCUT2D eigenvalue weighted by atomic mass is 32.2. The summed E-state index contributed by atoms with van der Waals surface area (Å²) in [6, 6.07) is 14.7. The van der Waals surface area contributed by atoms with Crippen LogP contribution in [0.1, 0.15) is 26.3 Å². The van der Waals surface area contributed by atoms with Gasteiger partial charge in [0.2, 0.25) is 0 Å². The Morgan fingerprint density at radius 1 is 1.19 bits per heavy atom. The number of fused-ring (bicyclic) bond motifs is 1. The molecule has 0 unspecified atom stereocenters. The van der Waals surface area contributed by atoms with Gasteiger partial charge in [-0.15, -0.1) is 11.8 Å². The van der Waals surface area contributed by atoms with E-state index in [4.69, 9.17) is 4.74 Å². The van der Waals surface area contributed by atoms with E-state index >= 15 is 0 Å². The molecule has 0 aliphatic rings. The third-order valence-corrected chi connectivity index (χ3v) is 5.35. The summed E-state index contributed by atoms with van der Waals surface area (Å²) in [6.45, 7) is 6.48. The maximum absolute atomic E-state index is 13.5. The molecule has 136 valence electrons. The van der Waals surface area contributed by atoms with Crippen molar-refractivity contribution in [1.29, 1.82) is 0 Å². The predicted molar refractivity (Wildman–Crippen MR) is 104 cm³/mol. The van der Waals surface area contributed by atoms with Gasteiger partial charge in [-0.2, -0.15) is 0 Å². The molecule has 0 radical (unpaired) electrons. The zero-order valence-corrected chi connectivity index (χ0v) is 16.0. The summed E-state index contributed by atoms with van der Waals surface area (Å²) < 4.78 is 20.1. The molecule has 0 saturated carbocycles. The fourth-order valence-corrected chi connectivity index (χ4v) is 4.03. The van der Waals surface area contributed by atoms with Crippen LogP contribution in [-0.4, -0.2) is 21.9 Å². The second-order valence-corrected chi connectivity index (χ2v) is 8.27. The number of para-hydroxylation sites is 1. The highest BCUT2D eigenvalue weighted by molar-refractivity contribution is 8.01. The van der Waals surface area contributed by atoms with Crippen LogP contribution in [-0.2, 0) is 16.1 Å². The van der Waals surface area contributed by atoms with Gasteiger partial charge in [-0.05, 0) is 44.5 Å². The Morgan fingerprint density at radius 2 is 1.96 bits per heavy atom. The summed E-state index contributed by atoms with van der Waals surface area (Å²) in [7, 11) is 0. The van der Waals surface area contributed by atoms with Crippen LogP contribution in [0.3, 0.4) is 0 Å². The number of carbonyl (C=O) groups is 1. The van der Waals surface area contributed by atoms with Crippen LogP contribution in [0.15, 0.2) is 59.6 Å². The zero-order chi connectivity index (χ0) is 18.7. The van der Waals surface area contributed by atoms with Crippen molar-refractivity contribution >= 4 is 28.6 Å². The van der Waals surface area contributed by atoms with E-state index in [0.717, 1.165) is 21.4 Å². The molecule has 1 aromatic heterocycles. The van der Waals surface area contributed by atoms with Crippen molar-refractivity contribution in [3.8, 4) is 0 Å². The Labute approximate surface area is 157 Å². The number of ether oxygens (including phenoxy) is 1. The van der Waals surface area contributed by atoms with Crippen LogP contribution in [0.5, 0.6) is 0 Å². The highest BCUT2D eigenvalue weighted by Gasteiger charge is 2.31. The Balaban J connectivity index is 1.96. The van der Waals surface area contributed by atoms with Crippen molar-refractivity contribution in [1.82, 2.24) is 4.57 Å². The molecular weight excluding hydrogens is 349 g/mol. The van der Waals surface area contributed by atoms with Gasteiger partial charge in [-0.3, -0.25) is 4.79 Å². The molecule has 0 amide bonds. The predicted octanol–water partition coefficient (Wildman–Crippen LogP) is 5.26. The van der Waals surface area contributed by atoms with Crippen LogP contribution in [0.2, 0.25) is 0 Å². The van der Waals surface area contributed by atoms with E-state index in [9.17, 15) is 9.18 Å². The molecule has 0 saturated heterocycles. The number of carbonyl (C=O) groups excluding carboxylic acids is 1. The SMILES string of the molecule is CCOC(=O)C(C)(C)Sc1cn(Cc2cccc(F)c2)c2ccccc12. The third kappa shape index (κ3) is 3.93. The summed E-state index contributed by atoms with van der Waals surface area (Å²) in [5.74, 6) is -0.469. The highest BCUT2D eigenvalue weighted by Crippen LogP contribution is 2.39. The molecule has 0 spiro atoms. The molecule has 3 nitrogen and oxygen atoms in total. The molecule has 26 heavy (non-hydrogen) atoms. The van der Waals surface area contributed by atoms with Gasteiger partial charge in [0.25, 0.3) is 0 Å². The number of hydrogen-bond acceptors (Lipinski definition) is 3. The lowest BCUT2D eigenvalue weighted by Crippen LogP contribution is -2.29. The van der Waals surface area contributed by atoms with Crippen molar-refractivity contribution in [3.63, 3.8) is 0 Å². The molecule has 0 aliphatic heterocycles. The Morgan fingerprint density at radius 3 is 2.69 bits per heavy atom. The minimum Gasteiger partial charge on any atom is -0.465 e. The van der Waals surface area contributed by atoms with Gasteiger partial charge in [-0.25, -0.2) is 4.39 Å². The van der Waals surface area contributed by atoms with Gasteiger partial charge in [0, 0.05) is 28.5 Å². The van der Waals surface area contributed by atoms with Crippen molar-refractivity contribution in [2.45, 2.75) is 37.0 Å². The molecule has 3 aromatic rings. The second-order valence-electron chi connectivity index (χ2n) is 6.60. The average molecular weight is 371 g/mol. The topological polar surface area (TPSA) is 31.2 Å². The van der Waals surface area contributed by atoms with Gasteiger partial charge in [0.05, 0.1) is 6.61 Å². The fourth-order valence-electron chi connectivity index (χ4n) is 2.88. The minimum atomic E-state index is -0.691. The van der Waals surface area contributed by atoms with Crippen LogP contribution in [0.25, 0.3) is 10.9 Å². The fraction of sp³-hybridized carbons (Fsp3) is 0.286. The summed E-state index contributed by atoms with van der Waals surface area (Å²) in [5, 5.41) is 1.08. The number of benzene rings is 2. The molecule has 2 aromatic carbocycles. The van der Waals surface area contributed by atoms with E-state index < -0.39 is 4.75 Å². The number of aromatic nitrogens is 1. The molecule has 1 heterocycles. The second kappa shape index (κ2) is 7.54. The first-order valence-electron chi connectivity index (χ1n) is 8.59. The maximum atomic E-state index is 13.5. The van der Waals surface area contributed by atoms with Gasteiger partial charge in [0.1, 0.15) is 10.6 Å². The van der Waals surface area contributed by atoms with Crippen molar-refractivity contribution in [2.75, 3.05) is 6.61 Å². The number of esters is 1. The van der Waals surface area contributed by atoms with E-state index in [-0.39, 0.29) is 11.8 Å². The van der Waals surface area contributed by atoms with Crippen LogP contribution in [0.4, 0.5) is 4.39 Å². The van der Waals surface area contributed by atoms with Crippen LogP contribution >= 0.6 is 11.8 Å². The lowest BCUT2D eigenvalue weighted by molar-refractivity contribution is -0.145. The average Bonchev–Trinajstić information content (AvgIpc) is 2.92. The summed E-state index contributed by atoms with van der Waals surface area (Å²) in [4.78, 5) is 13.3. The molecule has 3 rings (SSSR count). The first-order valence-corrected chi connectivity index (χ1v) is 9.41. The van der Waals surface area contributed by atoms with Crippen LogP contribution < -0.4 is 0 Å². The quantitative estimate of drug-likeness (QED) is 0.437. The van der Waals surface area contributed by atoms with E-state index in [1.165, 1.54) is 17.8 Å². The maximum Gasteiger partial charge on any atom is 0.321 e. The first-order chi connectivity index (χ1) is 12.4. The minimum absolute atomic E-state index is 0.230. The molecule has 0 atom stereocenters. The van der Waals surface area contributed by atoms with Crippen molar-refractivity contribution in [2.24, 2.45) is 0 Å². The smallest absolute Gasteiger partial charge is 0.321 e. The summed E-state index contributed by atoms with van der Waals surface area (Å²) in [5.41, 5.74) is 1.95. The molecule has 0 bridgehead atoms. The number of hydrogen-bond donors (Lipinski definition) is 0. The van der Waals surface area contributed by atoms with E-state index in [0.29, 0.717) is 13.2 Å². The molecule has 0 aliphatic carbocycles. The number of nitrogens with zero attached hydrogens (tertiary/aromatic N) is 1. The lowest BCUT2D eigenvalue weighted by Gasteiger charge is -2.21. The number of thioether (sulfide) groups is 1. The largest absolute Gasteiger partial charge is 0.465 e. The Bertz CT molecular complexity index is 933. The van der Waals surface area contributed by atoms with E-state index in [1.807, 2.05) is 57.3 Å². The molecule has 0 fully saturated rings. The standard InChI is InChI=1S/C21H22FNO2S/c1-4-25-20(24)21(2,3)26-19-14-23(18-11-6-5-10-17(18)19)13-15-8-7-9-16(22)12-15/h5-12,14H,4,13H2,1-3H3. The van der Waals surface area contributed by atoms with Gasteiger partial charge in [-0.1, -0.05) is 30.3 Å². The summed E-state index contributed by atoms with van der Waals surface area (Å²) in [6.07, 6.45) is 2.03. The molecular formula is C21H22FNO2S. The Kier molecular flexibility index (Phi) is 5.37. The third-order valence-electron chi connectivity index (χ3n) is 4.13. The summed E-state index contributed by atoms with van der Waals surface area (Å²) >= 11 is 1.49. The first kappa shape index (κ1) is 18.5. The monoisotopic (exact) mass is 371 g/mol. The van der Waals surface area contributed by atoms with Gasteiger partial charge in [0.15, 0.2) is 0 Å². The Hall–Kier alpha value is -2.27. The zero-order valence-electron chi connectivity index (χ0n) is 15.2. The van der Waals surface area contributed by atoms with E-state index in [2.05, 4.69) is 4.57 Å². The molecule has 0 N–H and O–H groups in total.